The van der Waals surface area contributed by atoms with Crippen molar-refractivity contribution in [2.75, 3.05) is 16.8 Å². The zero-order chi connectivity index (χ0) is 23.0. The molecule has 0 saturated heterocycles. The van der Waals surface area contributed by atoms with Crippen molar-refractivity contribution in [3.05, 3.63) is 120 Å². The molecular formula is C29H25N3O. The Labute approximate surface area is 194 Å². The van der Waals surface area contributed by atoms with Gasteiger partial charge in [-0.3, -0.25) is 4.79 Å². The monoisotopic (exact) mass is 431 g/mol. The Bertz CT molecular complexity index is 1270. The van der Waals surface area contributed by atoms with E-state index in [1.165, 1.54) is 11.1 Å². The highest BCUT2D eigenvalue weighted by Gasteiger charge is 2.14. The van der Waals surface area contributed by atoms with Crippen LogP contribution in [0.15, 0.2) is 103 Å². The molecule has 0 unspecified atom stereocenters. The first-order valence-electron chi connectivity index (χ1n) is 10.9. The highest BCUT2D eigenvalue weighted by Crippen LogP contribution is 2.25. The number of amides is 1. The Morgan fingerprint density at radius 3 is 2.33 bits per heavy atom. The summed E-state index contributed by atoms with van der Waals surface area (Å²) in [7, 11) is 0. The maximum absolute atomic E-state index is 12.9. The number of hydrogen-bond acceptors (Lipinski definition) is 3. The van der Waals surface area contributed by atoms with Crippen molar-refractivity contribution >= 4 is 17.3 Å². The van der Waals surface area contributed by atoms with Crippen LogP contribution in [0.5, 0.6) is 0 Å². The van der Waals surface area contributed by atoms with Crippen molar-refractivity contribution in [1.29, 1.82) is 5.26 Å². The van der Waals surface area contributed by atoms with Crippen LogP contribution in [0.25, 0.3) is 11.1 Å². The predicted molar refractivity (Wildman–Crippen MR) is 134 cm³/mol. The van der Waals surface area contributed by atoms with Gasteiger partial charge < -0.3 is 10.2 Å². The lowest BCUT2D eigenvalue weighted by Crippen LogP contribution is -2.33. The molecule has 0 radical (unpaired) electrons. The minimum Gasteiger partial charge on any atom is -0.358 e. The average Bonchev–Trinajstić information content (AvgIpc) is 2.85. The second-order valence-corrected chi connectivity index (χ2v) is 7.94. The van der Waals surface area contributed by atoms with Gasteiger partial charge in [-0.2, -0.15) is 5.26 Å². The lowest BCUT2D eigenvalue weighted by molar-refractivity contribution is -0.115. The zero-order valence-corrected chi connectivity index (χ0v) is 18.5. The molecular weight excluding hydrogens is 406 g/mol. The molecule has 4 nitrogen and oxygen atoms in total. The summed E-state index contributed by atoms with van der Waals surface area (Å²) in [6.07, 6.45) is 0. The highest BCUT2D eigenvalue weighted by molar-refractivity contribution is 5.94. The van der Waals surface area contributed by atoms with Crippen LogP contribution in [0, 0.1) is 18.3 Å². The van der Waals surface area contributed by atoms with Gasteiger partial charge in [-0.25, -0.2) is 0 Å². The molecule has 4 aromatic carbocycles. The third kappa shape index (κ3) is 5.66. The number of benzene rings is 4. The van der Waals surface area contributed by atoms with Gasteiger partial charge >= 0.3 is 0 Å². The number of anilines is 2. The van der Waals surface area contributed by atoms with Gasteiger partial charge in [0.15, 0.2) is 0 Å². The summed E-state index contributed by atoms with van der Waals surface area (Å²) in [5, 5.41) is 12.3. The normalized spacial score (nSPS) is 10.3. The largest absolute Gasteiger partial charge is 0.358 e. The van der Waals surface area contributed by atoms with Crippen molar-refractivity contribution in [1.82, 2.24) is 0 Å². The number of nitrogens with one attached hydrogen (secondary N) is 1. The number of hydrogen-bond donors (Lipinski definition) is 1. The first kappa shape index (κ1) is 21.9. The van der Waals surface area contributed by atoms with Crippen LogP contribution in [0.3, 0.4) is 0 Å². The Balaban J connectivity index is 1.49. The van der Waals surface area contributed by atoms with Gasteiger partial charge in [0.1, 0.15) is 0 Å². The van der Waals surface area contributed by atoms with Gasteiger partial charge in [-0.15, -0.1) is 0 Å². The lowest BCUT2D eigenvalue weighted by Gasteiger charge is -2.24. The molecule has 4 aromatic rings. The fourth-order valence-corrected chi connectivity index (χ4v) is 3.82. The van der Waals surface area contributed by atoms with Crippen LogP contribution >= 0.6 is 0 Å². The topological polar surface area (TPSA) is 56.1 Å². The van der Waals surface area contributed by atoms with E-state index in [-0.39, 0.29) is 12.5 Å². The molecule has 0 aromatic heterocycles. The molecule has 0 aliphatic rings. The minimum atomic E-state index is -0.114. The highest BCUT2D eigenvalue weighted by atomic mass is 16.2. The summed E-state index contributed by atoms with van der Waals surface area (Å²) in [5.41, 5.74) is 6.76. The summed E-state index contributed by atoms with van der Waals surface area (Å²) in [6, 6.07) is 35.7. The summed E-state index contributed by atoms with van der Waals surface area (Å²) in [5.74, 6) is -0.114. The number of nitriles is 1. The smallest absolute Gasteiger partial charge is 0.243 e. The van der Waals surface area contributed by atoms with E-state index in [1.54, 1.807) is 6.07 Å². The molecule has 4 rings (SSSR count). The SMILES string of the molecule is Cc1ccccc1-c1ccc(NC(=O)CN(Cc2ccccc2)c2cccc(C#N)c2)cc1. The Morgan fingerprint density at radius 1 is 0.879 bits per heavy atom. The van der Waals surface area contributed by atoms with Gasteiger partial charge in [-0.05, 0) is 59.5 Å². The quantitative estimate of drug-likeness (QED) is 0.380. The third-order valence-corrected chi connectivity index (χ3v) is 5.52. The number of aryl methyl sites for hydroxylation is 1. The first-order valence-corrected chi connectivity index (χ1v) is 10.9. The van der Waals surface area contributed by atoms with E-state index in [1.807, 2.05) is 89.8 Å². The third-order valence-electron chi connectivity index (χ3n) is 5.52. The summed E-state index contributed by atoms with van der Waals surface area (Å²) >= 11 is 0. The Hall–Kier alpha value is -4.36. The molecule has 162 valence electrons. The summed E-state index contributed by atoms with van der Waals surface area (Å²) in [6.45, 7) is 2.83. The summed E-state index contributed by atoms with van der Waals surface area (Å²) in [4.78, 5) is 14.9. The van der Waals surface area contributed by atoms with E-state index in [2.05, 4.69) is 30.4 Å². The van der Waals surface area contributed by atoms with Crippen molar-refractivity contribution < 1.29 is 4.79 Å². The molecule has 1 amide bonds. The lowest BCUT2D eigenvalue weighted by atomic mass is 10.0. The average molecular weight is 432 g/mol. The van der Waals surface area contributed by atoms with Crippen LogP contribution < -0.4 is 10.2 Å². The molecule has 0 aliphatic heterocycles. The van der Waals surface area contributed by atoms with E-state index in [0.29, 0.717) is 12.1 Å². The fourth-order valence-electron chi connectivity index (χ4n) is 3.82. The molecule has 1 N–H and O–H groups in total. The van der Waals surface area contributed by atoms with E-state index in [9.17, 15) is 10.1 Å². The molecule has 33 heavy (non-hydrogen) atoms. The fraction of sp³-hybridized carbons (Fsp3) is 0.103. The predicted octanol–water partition coefficient (Wildman–Crippen LogP) is 6.18. The van der Waals surface area contributed by atoms with Crippen LogP contribution in [-0.2, 0) is 11.3 Å². The molecule has 0 heterocycles. The van der Waals surface area contributed by atoms with Crippen LogP contribution in [0.4, 0.5) is 11.4 Å². The van der Waals surface area contributed by atoms with Gasteiger partial charge in [0.25, 0.3) is 0 Å². The van der Waals surface area contributed by atoms with E-state index in [0.717, 1.165) is 22.5 Å². The van der Waals surface area contributed by atoms with Gasteiger partial charge in [0, 0.05) is 17.9 Å². The standard InChI is InChI=1S/C29H25N3O/c1-22-8-5-6-13-28(22)25-14-16-26(17-15-25)31-29(33)21-32(20-23-9-3-2-4-10-23)27-12-7-11-24(18-27)19-30/h2-18H,20-21H2,1H3,(H,31,33). The Kier molecular flexibility index (Phi) is 6.82. The van der Waals surface area contributed by atoms with E-state index >= 15 is 0 Å². The van der Waals surface area contributed by atoms with E-state index in [4.69, 9.17) is 0 Å². The van der Waals surface area contributed by atoms with Gasteiger partial charge in [0.05, 0.1) is 18.2 Å². The number of carbonyl (C=O) groups is 1. The van der Waals surface area contributed by atoms with Crippen LogP contribution in [-0.4, -0.2) is 12.5 Å². The van der Waals surface area contributed by atoms with Gasteiger partial charge in [0.2, 0.25) is 5.91 Å². The maximum Gasteiger partial charge on any atom is 0.243 e. The minimum absolute atomic E-state index is 0.114. The van der Waals surface area contributed by atoms with Crippen LogP contribution in [0.2, 0.25) is 0 Å². The number of carbonyl (C=O) groups excluding carboxylic acids is 1. The second kappa shape index (κ2) is 10.3. The Morgan fingerprint density at radius 2 is 1.61 bits per heavy atom. The number of nitrogens with zero attached hydrogens (tertiary/aromatic N) is 2. The van der Waals surface area contributed by atoms with Crippen molar-refractivity contribution in [2.45, 2.75) is 13.5 Å². The van der Waals surface area contributed by atoms with E-state index < -0.39 is 0 Å². The van der Waals surface area contributed by atoms with Crippen molar-refractivity contribution in [3.63, 3.8) is 0 Å². The molecule has 0 saturated carbocycles. The summed E-state index contributed by atoms with van der Waals surface area (Å²) < 4.78 is 0. The zero-order valence-electron chi connectivity index (χ0n) is 18.5. The van der Waals surface area contributed by atoms with Crippen molar-refractivity contribution in [3.8, 4) is 17.2 Å². The molecule has 0 fully saturated rings. The molecule has 0 aliphatic carbocycles. The molecule has 0 spiro atoms. The maximum atomic E-state index is 12.9. The molecule has 4 heteroatoms. The molecule has 0 bridgehead atoms. The molecule has 0 atom stereocenters. The second-order valence-electron chi connectivity index (χ2n) is 7.94. The number of rotatable bonds is 7. The van der Waals surface area contributed by atoms with Crippen LogP contribution in [0.1, 0.15) is 16.7 Å². The van der Waals surface area contributed by atoms with Crippen molar-refractivity contribution in [2.24, 2.45) is 0 Å². The first-order chi connectivity index (χ1) is 16.1. The van der Waals surface area contributed by atoms with Gasteiger partial charge in [-0.1, -0.05) is 72.8 Å².